The van der Waals surface area contributed by atoms with E-state index >= 15 is 0 Å². The number of rotatable bonds is 8. The summed E-state index contributed by atoms with van der Waals surface area (Å²) < 4.78 is 30.4. The third-order valence-electron chi connectivity index (χ3n) is 5.31. The van der Waals surface area contributed by atoms with Gasteiger partial charge in [-0.05, 0) is 37.6 Å². The SMILES string of the molecule is CCn1c(CSc2nnc(C)n2Cc2ccccc2)nc2cc(S(=O)(=O)N(C)C)ccc21. The average Bonchev–Trinajstić information content (AvgIpc) is 3.31. The quantitative estimate of drug-likeness (QED) is 0.366. The largest absolute Gasteiger partial charge is 0.328 e. The molecular formula is C22H26N6O2S2. The molecule has 0 saturated heterocycles. The highest BCUT2D eigenvalue weighted by molar-refractivity contribution is 7.98. The van der Waals surface area contributed by atoms with E-state index in [1.807, 2.05) is 31.2 Å². The Morgan fingerprint density at radius 1 is 1.03 bits per heavy atom. The Morgan fingerprint density at radius 3 is 2.47 bits per heavy atom. The molecule has 0 spiro atoms. The minimum absolute atomic E-state index is 0.244. The molecule has 168 valence electrons. The zero-order valence-corrected chi connectivity index (χ0v) is 20.2. The smallest absolute Gasteiger partial charge is 0.242 e. The van der Waals surface area contributed by atoms with Gasteiger partial charge in [0.25, 0.3) is 0 Å². The topological polar surface area (TPSA) is 85.9 Å². The molecule has 10 heteroatoms. The lowest BCUT2D eigenvalue weighted by molar-refractivity contribution is 0.521. The minimum atomic E-state index is -3.51. The van der Waals surface area contributed by atoms with Crippen molar-refractivity contribution in [3.8, 4) is 0 Å². The maximum atomic E-state index is 12.5. The van der Waals surface area contributed by atoms with Gasteiger partial charge in [0.2, 0.25) is 10.0 Å². The van der Waals surface area contributed by atoms with E-state index in [1.165, 1.54) is 24.0 Å². The van der Waals surface area contributed by atoms with Crippen LogP contribution in [-0.4, -0.2) is 51.1 Å². The molecule has 2 aromatic heterocycles. The Hall–Kier alpha value is -2.69. The number of aromatic nitrogens is 5. The number of hydrogen-bond acceptors (Lipinski definition) is 6. The maximum Gasteiger partial charge on any atom is 0.242 e. The van der Waals surface area contributed by atoms with Crippen LogP contribution in [0.15, 0.2) is 58.6 Å². The Labute approximate surface area is 192 Å². The molecule has 0 unspecified atom stereocenters. The lowest BCUT2D eigenvalue weighted by atomic mass is 10.2. The molecule has 0 fully saturated rings. The van der Waals surface area contributed by atoms with Crippen molar-refractivity contribution in [1.82, 2.24) is 28.6 Å². The third kappa shape index (κ3) is 4.30. The minimum Gasteiger partial charge on any atom is -0.328 e. The van der Waals surface area contributed by atoms with Crippen LogP contribution in [0.25, 0.3) is 11.0 Å². The van der Waals surface area contributed by atoms with Crippen LogP contribution in [0.3, 0.4) is 0 Å². The van der Waals surface area contributed by atoms with Crippen LogP contribution in [0, 0.1) is 6.92 Å². The Balaban J connectivity index is 1.61. The van der Waals surface area contributed by atoms with Crippen LogP contribution in [0.5, 0.6) is 0 Å². The zero-order chi connectivity index (χ0) is 22.9. The first kappa shape index (κ1) is 22.5. The molecule has 2 heterocycles. The van der Waals surface area contributed by atoms with E-state index in [-0.39, 0.29) is 4.90 Å². The molecule has 0 radical (unpaired) electrons. The predicted octanol–water partition coefficient (Wildman–Crippen LogP) is 3.55. The number of hydrogen-bond donors (Lipinski definition) is 0. The van der Waals surface area contributed by atoms with E-state index in [9.17, 15) is 8.42 Å². The second-order valence-corrected chi connectivity index (χ2v) is 10.7. The number of fused-ring (bicyclic) bond motifs is 1. The second-order valence-electron chi connectivity index (χ2n) is 7.60. The molecule has 2 aromatic carbocycles. The van der Waals surface area contributed by atoms with Crippen molar-refractivity contribution in [2.75, 3.05) is 14.1 Å². The van der Waals surface area contributed by atoms with E-state index in [1.54, 1.807) is 23.9 Å². The lowest BCUT2D eigenvalue weighted by Gasteiger charge is -2.11. The van der Waals surface area contributed by atoms with Gasteiger partial charge in [0.15, 0.2) is 5.16 Å². The molecule has 0 aliphatic heterocycles. The summed E-state index contributed by atoms with van der Waals surface area (Å²) in [7, 11) is -0.454. The van der Waals surface area contributed by atoms with Crippen LogP contribution in [0.4, 0.5) is 0 Å². The van der Waals surface area contributed by atoms with Crippen molar-refractivity contribution < 1.29 is 8.42 Å². The van der Waals surface area contributed by atoms with Crippen molar-refractivity contribution >= 4 is 32.8 Å². The van der Waals surface area contributed by atoms with Gasteiger partial charge >= 0.3 is 0 Å². The summed E-state index contributed by atoms with van der Waals surface area (Å²) in [5, 5.41) is 9.45. The van der Waals surface area contributed by atoms with Gasteiger partial charge in [-0.2, -0.15) is 0 Å². The summed E-state index contributed by atoms with van der Waals surface area (Å²) in [5.74, 6) is 2.34. The summed E-state index contributed by atoms with van der Waals surface area (Å²) in [5.41, 5.74) is 2.78. The number of sulfonamides is 1. The second kappa shape index (κ2) is 9.05. The fourth-order valence-electron chi connectivity index (χ4n) is 3.54. The molecule has 0 N–H and O–H groups in total. The molecule has 0 bridgehead atoms. The molecule has 8 nitrogen and oxygen atoms in total. The molecule has 0 aliphatic rings. The predicted molar refractivity (Wildman–Crippen MR) is 126 cm³/mol. The number of imidazole rings is 1. The molecule has 32 heavy (non-hydrogen) atoms. The third-order valence-corrected chi connectivity index (χ3v) is 8.08. The molecule has 0 saturated carbocycles. The Kier molecular flexibility index (Phi) is 6.36. The van der Waals surface area contributed by atoms with Gasteiger partial charge in [0.05, 0.1) is 28.2 Å². The van der Waals surface area contributed by atoms with Crippen molar-refractivity contribution in [2.24, 2.45) is 0 Å². The van der Waals surface area contributed by atoms with Crippen molar-refractivity contribution in [1.29, 1.82) is 0 Å². The van der Waals surface area contributed by atoms with Crippen molar-refractivity contribution in [2.45, 2.75) is 42.7 Å². The number of aryl methyl sites for hydroxylation is 2. The van der Waals surface area contributed by atoms with Gasteiger partial charge in [-0.15, -0.1) is 10.2 Å². The molecule has 0 amide bonds. The average molecular weight is 471 g/mol. The van der Waals surface area contributed by atoms with Gasteiger partial charge < -0.3 is 9.13 Å². The highest BCUT2D eigenvalue weighted by atomic mass is 32.2. The van der Waals surface area contributed by atoms with Crippen LogP contribution in [0.2, 0.25) is 0 Å². The van der Waals surface area contributed by atoms with E-state index < -0.39 is 10.0 Å². The normalized spacial score (nSPS) is 12.2. The van der Waals surface area contributed by atoms with E-state index in [2.05, 4.69) is 38.4 Å². The fourth-order valence-corrected chi connectivity index (χ4v) is 5.39. The van der Waals surface area contributed by atoms with E-state index in [4.69, 9.17) is 4.98 Å². The van der Waals surface area contributed by atoms with E-state index in [0.29, 0.717) is 17.8 Å². The standard InChI is InChI=1S/C22H26N6O2S2/c1-5-27-20-12-11-18(32(29,30)26(3)4)13-19(20)23-21(27)15-31-22-25-24-16(2)28(22)14-17-9-7-6-8-10-17/h6-13H,5,14-15H2,1-4H3. The number of benzene rings is 2. The first-order valence-electron chi connectivity index (χ1n) is 10.3. The highest BCUT2D eigenvalue weighted by Gasteiger charge is 2.20. The van der Waals surface area contributed by atoms with Gasteiger partial charge in [-0.3, -0.25) is 0 Å². The Morgan fingerprint density at radius 2 is 1.78 bits per heavy atom. The molecular weight excluding hydrogens is 444 g/mol. The van der Waals surface area contributed by atoms with Gasteiger partial charge in [0.1, 0.15) is 11.6 Å². The van der Waals surface area contributed by atoms with Crippen LogP contribution >= 0.6 is 11.8 Å². The van der Waals surface area contributed by atoms with E-state index in [0.717, 1.165) is 28.9 Å². The maximum absolute atomic E-state index is 12.5. The van der Waals surface area contributed by atoms with Crippen molar-refractivity contribution in [3.63, 3.8) is 0 Å². The number of thioether (sulfide) groups is 1. The molecule has 4 rings (SSSR count). The Bertz CT molecular complexity index is 1340. The summed E-state index contributed by atoms with van der Waals surface area (Å²) in [4.78, 5) is 5.00. The first-order chi connectivity index (χ1) is 15.3. The van der Waals surface area contributed by atoms with Gasteiger partial charge in [-0.1, -0.05) is 42.1 Å². The number of nitrogens with zero attached hydrogens (tertiary/aromatic N) is 6. The molecule has 0 aliphatic carbocycles. The summed E-state index contributed by atoms with van der Waals surface area (Å²) in [6.07, 6.45) is 0. The van der Waals surface area contributed by atoms with Crippen molar-refractivity contribution in [3.05, 3.63) is 65.7 Å². The van der Waals surface area contributed by atoms with Crippen LogP contribution < -0.4 is 0 Å². The molecule has 4 aromatic rings. The fraction of sp³-hybridized carbons (Fsp3) is 0.318. The first-order valence-corrected chi connectivity index (χ1v) is 12.7. The highest BCUT2D eigenvalue weighted by Crippen LogP contribution is 2.27. The summed E-state index contributed by atoms with van der Waals surface area (Å²) in [6.45, 7) is 5.45. The zero-order valence-electron chi connectivity index (χ0n) is 18.6. The molecule has 0 atom stereocenters. The van der Waals surface area contributed by atoms with Gasteiger partial charge in [0, 0.05) is 20.6 Å². The van der Waals surface area contributed by atoms with Crippen LogP contribution in [0.1, 0.15) is 24.1 Å². The summed E-state index contributed by atoms with van der Waals surface area (Å²) in [6, 6.07) is 15.3. The summed E-state index contributed by atoms with van der Waals surface area (Å²) >= 11 is 1.58. The monoisotopic (exact) mass is 470 g/mol. The van der Waals surface area contributed by atoms with Crippen LogP contribution in [-0.2, 0) is 28.9 Å². The lowest BCUT2D eigenvalue weighted by Crippen LogP contribution is -2.22. The van der Waals surface area contributed by atoms with Gasteiger partial charge in [-0.25, -0.2) is 17.7 Å².